The van der Waals surface area contributed by atoms with Gasteiger partial charge in [0.15, 0.2) is 0 Å². The van der Waals surface area contributed by atoms with Crippen LogP contribution in [0.2, 0.25) is 0 Å². The van der Waals surface area contributed by atoms with Gasteiger partial charge in [-0.2, -0.15) is 0 Å². The van der Waals surface area contributed by atoms with Crippen LogP contribution < -0.4 is 10.6 Å². The summed E-state index contributed by atoms with van der Waals surface area (Å²) in [7, 11) is 1.85. The van der Waals surface area contributed by atoms with Crippen molar-refractivity contribution in [3.8, 4) is 0 Å². The van der Waals surface area contributed by atoms with Crippen molar-refractivity contribution >= 4 is 28.2 Å². The van der Waals surface area contributed by atoms with E-state index < -0.39 is 0 Å². The van der Waals surface area contributed by atoms with E-state index in [4.69, 9.17) is 0 Å². The number of nitrogens with zero attached hydrogens (tertiary/aromatic N) is 3. The standard InChI is InChI=1S/C15H15N5/c1-10-14(16-2)18-9-19-15(10)20-13-7-3-6-12-11(13)5-4-8-17-12/h3-9H,1-2H3,(H2,16,18,19,20). The van der Waals surface area contributed by atoms with E-state index in [0.29, 0.717) is 0 Å². The van der Waals surface area contributed by atoms with Crippen molar-refractivity contribution in [1.29, 1.82) is 0 Å². The number of pyridine rings is 1. The molecule has 5 heteroatoms. The monoisotopic (exact) mass is 265 g/mol. The summed E-state index contributed by atoms with van der Waals surface area (Å²) in [4.78, 5) is 12.8. The van der Waals surface area contributed by atoms with Gasteiger partial charge in [-0.3, -0.25) is 4.98 Å². The van der Waals surface area contributed by atoms with Crippen LogP contribution in [0, 0.1) is 6.92 Å². The lowest BCUT2D eigenvalue weighted by molar-refractivity contribution is 1.12. The Hall–Kier alpha value is -2.69. The van der Waals surface area contributed by atoms with E-state index in [-0.39, 0.29) is 0 Å². The molecule has 0 atom stereocenters. The molecule has 0 amide bonds. The zero-order valence-electron chi connectivity index (χ0n) is 11.4. The van der Waals surface area contributed by atoms with Gasteiger partial charge in [-0.15, -0.1) is 0 Å². The lowest BCUT2D eigenvalue weighted by Gasteiger charge is -2.12. The Morgan fingerprint density at radius 2 is 1.80 bits per heavy atom. The molecule has 5 nitrogen and oxygen atoms in total. The van der Waals surface area contributed by atoms with Crippen molar-refractivity contribution in [1.82, 2.24) is 15.0 Å². The molecule has 2 N–H and O–H groups in total. The number of fused-ring (bicyclic) bond motifs is 1. The smallest absolute Gasteiger partial charge is 0.138 e. The molecule has 0 unspecified atom stereocenters. The van der Waals surface area contributed by atoms with Crippen LogP contribution in [0.5, 0.6) is 0 Å². The SMILES string of the molecule is CNc1ncnc(Nc2cccc3ncccc23)c1C. The molecule has 0 saturated heterocycles. The number of hydrogen-bond acceptors (Lipinski definition) is 5. The van der Waals surface area contributed by atoms with Gasteiger partial charge in [0, 0.05) is 29.9 Å². The molecule has 0 aliphatic rings. The molecule has 3 aromatic rings. The van der Waals surface area contributed by atoms with E-state index >= 15 is 0 Å². The zero-order valence-corrected chi connectivity index (χ0v) is 11.4. The van der Waals surface area contributed by atoms with Gasteiger partial charge in [0.05, 0.1) is 5.52 Å². The van der Waals surface area contributed by atoms with E-state index in [1.807, 2.05) is 44.3 Å². The zero-order chi connectivity index (χ0) is 13.9. The topological polar surface area (TPSA) is 62.7 Å². The Balaban J connectivity index is 2.06. The molecule has 0 fully saturated rings. The Kier molecular flexibility index (Phi) is 3.16. The van der Waals surface area contributed by atoms with Crippen LogP contribution in [-0.4, -0.2) is 22.0 Å². The quantitative estimate of drug-likeness (QED) is 0.761. The molecular weight excluding hydrogens is 250 g/mol. The number of nitrogens with one attached hydrogen (secondary N) is 2. The van der Waals surface area contributed by atoms with E-state index in [1.165, 1.54) is 0 Å². The van der Waals surface area contributed by atoms with E-state index in [1.54, 1.807) is 12.5 Å². The summed E-state index contributed by atoms with van der Waals surface area (Å²) >= 11 is 0. The molecule has 0 spiro atoms. The lowest BCUT2D eigenvalue weighted by Crippen LogP contribution is -2.02. The number of anilines is 3. The highest BCUT2D eigenvalue weighted by Crippen LogP contribution is 2.27. The van der Waals surface area contributed by atoms with Gasteiger partial charge in [0.2, 0.25) is 0 Å². The van der Waals surface area contributed by atoms with Crippen molar-refractivity contribution in [2.45, 2.75) is 6.92 Å². The molecule has 0 bridgehead atoms. The van der Waals surface area contributed by atoms with Crippen LogP contribution in [0.25, 0.3) is 10.9 Å². The second-order valence-electron chi connectivity index (χ2n) is 4.45. The number of hydrogen-bond donors (Lipinski definition) is 2. The maximum atomic E-state index is 4.35. The minimum absolute atomic E-state index is 0.792. The van der Waals surface area contributed by atoms with Gasteiger partial charge in [-0.25, -0.2) is 9.97 Å². The van der Waals surface area contributed by atoms with Gasteiger partial charge in [0.1, 0.15) is 18.0 Å². The van der Waals surface area contributed by atoms with E-state index in [9.17, 15) is 0 Å². The Bertz CT molecular complexity index is 749. The summed E-state index contributed by atoms with van der Waals surface area (Å²) in [5.74, 6) is 1.61. The van der Waals surface area contributed by atoms with Crippen molar-refractivity contribution in [3.63, 3.8) is 0 Å². The number of rotatable bonds is 3. The van der Waals surface area contributed by atoms with Crippen LogP contribution in [0.4, 0.5) is 17.3 Å². The molecule has 3 rings (SSSR count). The first kappa shape index (κ1) is 12.3. The minimum atomic E-state index is 0.792. The van der Waals surface area contributed by atoms with E-state index in [2.05, 4.69) is 25.6 Å². The van der Waals surface area contributed by atoms with Crippen LogP contribution in [0.3, 0.4) is 0 Å². The fourth-order valence-electron chi connectivity index (χ4n) is 2.17. The highest BCUT2D eigenvalue weighted by molar-refractivity contribution is 5.93. The molecule has 0 aliphatic heterocycles. The molecule has 20 heavy (non-hydrogen) atoms. The molecule has 0 saturated carbocycles. The minimum Gasteiger partial charge on any atom is -0.373 e. The molecule has 1 aromatic carbocycles. The maximum absolute atomic E-state index is 4.35. The highest BCUT2D eigenvalue weighted by atomic mass is 15.1. The van der Waals surface area contributed by atoms with Crippen molar-refractivity contribution in [2.75, 3.05) is 17.7 Å². The predicted molar refractivity (Wildman–Crippen MR) is 81.3 cm³/mol. The summed E-state index contributed by atoms with van der Waals surface area (Å²) < 4.78 is 0. The molecule has 2 aromatic heterocycles. The Morgan fingerprint density at radius 1 is 0.950 bits per heavy atom. The lowest BCUT2D eigenvalue weighted by atomic mass is 10.1. The molecule has 0 aliphatic carbocycles. The molecule has 100 valence electrons. The summed E-state index contributed by atoms with van der Waals surface area (Å²) in [6.07, 6.45) is 3.34. The fraction of sp³-hybridized carbons (Fsp3) is 0.133. The van der Waals surface area contributed by atoms with Crippen molar-refractivity contribution in [2.24, 2.45) is 0 Å². The van der Waals surface area contributed by atoms with E-state index in [0.717, 1.165) is 33.8 Å². The van der Waals surface area contributed by atoms with Gasteiger partial charge < -0.3 is 10.6 Å². The summed E-state index contributed by atoms with van der Waals surface area (Å²) in [6, 6.07) is 9.96. The average molecular weight is 265 g/mol. The third-order valence-electron chi connectivity index (χ3n) is 3.22. The normalized spacial score (nSPS) is 10.5. The maximum Gasteiger partial charge on any atom is 0.138 e. The first-order chi connectivity index (χ1) is 9.79. The van der Waals surface area contributed by atoms with Gasteiger partial charge in [-0.1, -0.05) is 6.07 Å². The van der Waals surface area contributed by atoms with Crippen LogP contribution in [-0.2, 0) is 0 Å². The summed E-state index contributed by atoms with van der Waals surface area (Å²) in [5.41, 5.74) is 2.92. The molecule has 2 heterocycles. The first-order valence-corrected chi connectivity index (χ1v) is 6.39. The highest BCUT2D eigenvalue weighted by Gasteiger charge is 2.07. The third kappa shape index (κ3) is 2.14. The largest absolute Gasteiger partial charge is 0.373 e. The second kappa shape index (κ2) is 5.13. The van der Waals surface area contributed by atoms with Crippen LogP contribution in [0.1, 0.15) is 5.56 Å². The third-order valence-corrected chi connectivity index (χ3v) is 3.22. The van der Waals surface area contributed by atoms with Crippen LogP contribution >= 0.6 is 0 Å². The van der Waals surface area contributed by atoms with Gasteiger partial charge in [0.25, 0.3) is 0 Å². The number of benzene rings is 1. The number of aromatic nitrogens is 3. The predicted octanol–water partition coefficient (Wildman–Crippen LogP) is 3.12. The average Bonchev–Trinajstić information content (AvgIpc) is 2.50. The fourth-order valence-corrected chi connectivity index (χ4v) is 2.17. The Labute approximate surface area is 117 Å². The summed E-state index contributed by atoms with van der Waals surface area (Å²) in [6.45, 7) is 1.98. The van der Waals surface area contributed by atoms with Gasteiger partial charge in [-0.05, 0) is 31.2 Å². The molecule has 0 radical (unpaired) electrons. The van der Waals surface area contributed by atoms with Crippen molar-refractivity contribution < 1.29 is 0 Å². The van der Waals surface area contributed by atoms with Crippen LogP contribution in [0.15, 0.2) is 42.9 Å². The molecular formula is C15H15N5. The van der Waals surface area contributed by atoms with Crippen molar-refractivity contribution in [3.05, 3.63) is 48.4 Å². The second-order valence-corrected chi connectivity index (χ2v) is 4.45. The first-order valence-electron chi connectivity index (χ1n) is 6.39. The Morgan fingerprint density at radius 3 is 2.65 bits per heavy atom. The van der Waals surface area contributed by atoms with Gasteiger partial charge >= 0.3 is 0 Å². The summed E-state index contributed by atoms with van der Waals surface area (Å²) in [5, 5.41) is 7.48.